The molecule has 1 atom stereocenters. The van der Waals surface area contributed by atoms with Crippen LogP contribution in [-0.2, 0) is 9.53 Å². The number of nitrogens with zero attached hydrogens (tertiary/aromatic N) is 1. The zero-order valence-electron chi connectivity index (χ0n) is 11.0. The molecule has 0 radical (unpaired) electrons. The normalized spacial score (nSPS) is 27.3. The van der Waals surface area contributed by atoms with Crippen LogP contribution in [0.2, 0.25) is 0 Å². The van der Waals surface area contributed by atoms with E-state index < -0.39 is 0 Å². The Hall–Kier alpha value is -0.610. The highest BCUT2D eigenvalue weighted by Crippen LogP contribution is 2.36. The van der Waals surface area contributed by atoms with Crippen LogP contribution < -0.4 is 5.32 Å². The molecule has 0 bridgehead atoms. The van der Waals surface area contributed by atoms with E-state index in [-0.39, 0.29) is 17.6 Å². The summed E-state index contributed by atoms with van der Waals surface area (Å²) < 4.78 is 5.58. The summed E-state index contributed by atoms with van der Waals surface area (Å²) in [5, 5.41) is 3.31. The SMILES string of the molecule is CCCCC1NCN(CC2(OC)CCC2)C1=O. The minimum Gasteiger partial charge on any atom is -0.376 e. The zero-order chi connectivity index (χ0) is 12.3. The van der Waals surface area contributed by atoms with Crippen LogP contribution in [0.25, 0.3) is 0 Å². The van der Waals surface area contributed by atoms with E-state index in [1.54, 1.807) is 7.11 Å². The second-order valence-corrected chi connectivity index (χ2v) is 5.33. The molecule has 2 rings (SSSR count). The van der Waals surface area contributed by atoms with E-state index in [0.717, 1.165) is 38.6 Å². The van der Waals surface area contributed by atoms with Gasteiger partial charge in [0.2, 0.25) is 5.91 Å². The van der Waals surface area contributed by atoms with Crippen molar-refractivity contribution >= 4 is 5.91 Å². The molecule has 1 aliphatic carbocycles. The molecule has 1 saturated heterocycles. The molecule has 4 nitrogen and oxygen atoms in total. The van der Waals surface area contributed by atoms with E-state index in [9.17, 15) is 4.79 Å². The van der Waals surface area contributed by atoms with Gasteiger partial charge in [-0.2, -0.15) is 0 Å². The molecule has 0 aromatic heterocycles. The molecule has 4 heteroatoms. The molecule has 1 aliphatic heterocycles. The quantitative estimate of drug-likeness (QED) is 0.765. The van der Waals surface area contributed by atoms with Gasteiger partial charge in [-0.1, -0.05) is 19.8 Å². The van der Waals surface area contributed by atoms with Crippen LogP contribution in [0.4, 0.5) is 0 Å². The van der Waals surface area contributed by atoms with Gasteiger partial charge in [0.05, 0.1) is 24.9 Å². The van der Waals surface area contributed by atoms with Crippen LogP contribution in [0.3, 0.4) is 0 Å². The Balaban J connectivity index is 1.84. The van der Waals surface area contributed by atoms with Crippen LogP contribution in [0.5, 0.6) is 0 Å². The lowest BCUT2D eigenvalue weighted by Crippen LogP contribution is -2.50. The van der Waals surface area contributed by atoms with Gasteiger partial charge in [-0.05, 0) is 25.7 Å². The van der Waals surface area contributed by atoms with Crippen LogP contribution >= 0.6 is 0 Å². The van der Waals surface area contributed by atoms with Gasteiger partial charge >= 0.3 is 0 Å². The van der Waals surface area contributed by atoms with Crippen molar-refractivity contribution in [2.45, 2.75) is 57.1 Å². The Morgan fingerprint density at radius 1 is 1.53 bits per heavy atom. The Labute approximate surface area is 104 Å². The highest BCUT2D eigenvalue weighted by molar-refractivity contribution is 5.83. The van der Waals surface area contributed by atoms with Gasteiger partial charge in [-0.15, -0.1) is 0 Å². The number of ether oxygens (including phenoxy) is 1. The Morgan fingerprint density at radius 3 is 2.82 bits per heavy atom. The van der Waals surface area contributed by atoms with E-state index in [0.29, 0.717) is 6.67 Å². The van der Waals surface area contributed by atoms with Crippen molar-refractivity contribution in [3.05, 3.63) is 0 Å². The lowest BCUT2D eigenvalue weighted by Gasteiger charge is -2.42. The second-order valence-electron chi connectivity index (χ2n) is 5.33. The third-order valence-corrected chi connectivity index (χ3v) is 4.16. The molecule has 0 aromatic carbocycles. The van der Waals surface area contributed by atoms with Crippen molar-refractivity contribution in [2.24, 2.45) is 0 Å². The first-order valence-electron chi connectivity index (χ1n) is 6.78. The maximum Gasteiger partial charge on any atom is 0.240 e. The number of hydrogen-bond donors (Lipinski definition) is 1. The topological polar surface area (TPSA) is 41.6 Å². The van der Waals surface area contributed by atoms with E-state index in [1.165, 1.54) is 6.42 Å². The summed E-state index contributed by atoms with van der Waals surface area (Å²) in [6.45, 7) is 3.61. The Bertz CT molecular complexity index is 271. The zero-order valence-corrected chi connectivity index (χ0v) is 11.0. The van der Waals surface area contributed by atoms with Gasteiger partial charge < -0.3 is 9.64 Å². The Morgan fingerprint density at radius 2 is 2.29 bits per heavy atom. The fourth-order valence-electron chi connectivity index (χ4n) is 2.72. The number of carbonyl (C=O) groups excluding carboxylic acids is 1. The molecule has 17 heavy (non-hydrogen) atoms. The number of rotatable bonds is 6. The molecule has 0 spiro atoms. The average molecular weight is 240 g/mol. The van der Waals surface area contributed by atoms with Crippen molar-refractivity contribution in [1.82, 2.24) is 10.2 Å². The second kappa shape index (κ2) is 5.36. The standard InChI is InChI=1S/C13H24N2O2/c1-3-4-6-11-12(16)15(10-14-11)9-13(17-2)7-5-8-13/h11,14H,3-10H2,1-2H3. The lowest BCUT2D eigenvalue weighted by molar-refractivity contribution is -0.137. The molecule has 1 N–H and O–H groups in total. The largest absolute Gasteiger partial charge is 0.376 e. The smallest absolute Gasteiger partial charge is 0.240 e. The molecule has 0 aromatic rings. The van der Waals surface area contributed by atoms with Gasteiger partial charge in [0, 0.05) is 7.11 Å². The summed E-state index contributed by atoms with van der Waals surface area (Å²) in [6.07, 6.45) is 6.63. The fourth-order valence-corrected chi connectivity index (χ4v) is 2.72. The van der Waals surface area contributed by atoms with Crippen LogP contribution in [-0.4, -0.2) is 42.8 Å². The number of amides is 1. The maximum absolute atomic E-state index is 12.2. The van der Waals surface area contributed by atoms with Gasteiger partial charge in [-0.3, -0.25) is 10.1 Å². The highest BCUT2D eigenvalue weighted by atomic mass is 16.5. The summed E-state index contributed by atoms with van der Waals surface area (Å²) in [7, 11) is 1.77. The number of methoxy groups -OCH3 is 1. The molecule has 1 saturated carbocycles. The van der Waals surface area contributed by atoms with Crippen molar-refractivity contribution in [2.75, 3.05) is 20.3 Å². The van der Waals surface area contributed by atoms with Crippen molar-refractivity contribution in [3.63, 3.8) is 0 Å². The summed E-state index contributed by atoms with van der Waals surface area (Å²) in [6, 6.07) is 0.0453. The van der Waals surface area contributed by atoms with Crippen molar-refractivity contribution in [3.8, 4) is 0 Å². The Kier molecular flexibility index (Phi) is 4.05. The molecule has 2 aliphatic rings. The molecule has 1 heterocycles. The molecule has 98 valence electrons. The average Bonchev–Trinajstić information content (AvgIpc) is 2.62. The lowest BCUT2D eigenvalue weighted by atomic mass is 9.79. The van der Waals surface area contributed by atoms with Gasteiger partial charge in [0.1, 0.15) is 0 Å². The van der Waals surface area contributed by atoms with Crippen LogP contribution in [0, 0.1) is 0 Å². The molecule has 2 fully saturated rings. The van der Waals surface area contributed by atoms with Crippen molar-refractivity contribution < 1.29 is 9.53 Å². The third-order valence-electron chi connectivity index (χ3n) is 4.16. The van der Waals surface area contributed by atoms with E-state index in [1.807, 2.05) is 4.90 Å². The molecular formula is C13H24N2O2. The summed E-state index contributed by atoms with van der Waals surface area (Å²) in [5.74, 6) is 0.266. The number of nitrogens with one attached hydrogen (secondary N) is 1. The summed E-state index contributed by atoms with van der Waals surface area (Å²) in [5.41, 5.74) is -0.0447. The summed E-state index contributed by atoms with van der Waals surface area (Å²) >= 11 is 0. The number of carbonyl (C=O) groups is 1. The molecule has 1 unspecified atom stereocenters. The fraction of sp³-hybridized carbons (Fsp3) is 0.923. The van der Waals surface area contributed by atoms with E-state index >= 15 is 0 Å². The molecule has 1 amide bonds. The predicted molar refractivity (Wildman–Crippen MR) is 66.6 cm³/mol. The molecular weight excluding hydrogens is 216 g/mol. The predicted octanol–water partition coefficient (Wildman–Crippen LogP) is 1.50. The first kappa shape index (κ1) is 12.8. The maximum atomic E-state index is 12.2. The minimum atomic E-state index is -0.0447. The van der Waals surface area contributed by atoms with Gasteiger partial charge in [0.15, 0.2) is 0 Å². The highest BCUT2D eigenvalue weighted by Gasteiger charge is 2.42. The van der Waals surface area contributed by atoms with Crippen LogP contribution in [0.1, 0.15) is 45.4 Å². The first-order chi connectivity index (χ1) is 8.21. The van der Waals surface area contributed by atoms with Gasteiger partial charge in [-0.25, -0.2) is 0 Å². The number of unbranched alkanes of at least 4 members (excludes halogenated alkanes) is 1. The minimum absolute atomic E-state index is 0.0447. The van der Waals surface area contributed by atoms with Crippen LogP contribution in [0.15, 0.2) is 0 Å². The van der Waals surface area contributed by atoms with Gasteiger partial charge in [0.25, 0.3) is 0 Å². The number of hydrogen-bond acceptors (Lipinski definition) is 3. The third kappa shape index (κ3) is 2.63. The van der Waals surface area contributed by atoms with E-state index in [4.69, 9.17) is 4.74 Å². The van der Waals surface area contributed by atoms with E-state index in [2.05, 4.69) is 12.2 Å². The van der Waals surface area contributed by atoms with Crippen molar-refractivity contribution in [1.29, 1.82) is 0 Å². The summed E-state index contributed by atoms with van der Waals surface area (Å²) in [4.78, 5) is 14.1. The first-order valence-corrected chi connectivity index (χ1v) is 6.78. The monoisotopic (exact) mass is 240 g/mol.